The van der Waals surface area contributed by atoms with E-state index in [1.165, 1.54) is 36.8 Å². The van der Waals surface area contributed by atoms with Gasteiger partial charge in [-0.1, -0.05) is 42.5 Å². The molecule has 0 saturated heterocycles. The average molecular weight is 270 g/mol. The highest BCUT2D eigenvalue weighted by atomic mass is 16.5. The van der Waals surface area contributed by atoms with Gasteiger partial charge in [-0.3, -0.25) is 0 Å². The molecule has 0 bridgehead atoms. The maximum absolute atomic E-state index is 5.47. The third-order valence-corrected chi connectivity index (χ3v) is 4.19. The molecule has 0 N–H and O–H groups in total. The van der Waals surface area contributed by atoms with E-state index in [1.807, 2.05) is 0 Å². The first-order valence-electron chi connectivity index (χ1n) is 7.73. The van der Waals surface area contributed by atoms with E-state index in [4.69, 9.17) is 4.74 Å². The van der Waals surface area contributed by atoms with Crippen molar-refractivity contribution >= 4 is 0 Å². The lowest BCUT2D eigenvalue weighted by Crippen LogP contribution is -2.11. The van der Waals surface area contributed by atoms with Gasteiger partial charge in [0.05, 0.1) is 13.2 Å². The van der Waals surface area contributed by atoms with E-state index in [9.17, 15) is 0 Å². The van der Waals surface area contributed by atoms with Crippen molar-refractivity contribution in [3.8, 4) is 0 Å². The summed E-state index contributed by atoms with van der Waals surface area (Å²) >= 11 is 0. The molecule has 2 rings (SSSR count). The lowest BCUT2D eigenvalue weighted by atomic mass is 9.78. The Labute approximate surface area is 123 Å². The highest BCUT2D eigenvalue weighted by Crippen LogP contribution is 2.36. The fourth-order valence-electron chi connectivity index (χ4n) is 3.06. The van der Waals surface area contributed by atoms with Gasteiger partial charge in [-0.2, -0.15) is 0 Å². The smallest absolute Gasteiger partial charge is 0.0721 e. The van der Waals surface area contributed by atoms with Crippen molar-refractivity contribution in [1.29, 1.82) is 0 Å². The largest absolute Gasteiger partial charge is 0.373 e. The van der Waals surface area contributed by atoms with Crippen LogP contribution in [0.5, 0.6) is 0 Å². The minimum Gasteiger partial charge on any atom is -0.373 e. The van der Waals surface area contributed by atoms with Gasteiger partial charge in [0.1, 0.15) is 0 Å². The molecule has 1 fully saturated rings. The Morgan fingerprint density at radius 1 is 1.15 bits per heavy atom. The minimum absolute atomic E-state index is 0.622. The third kappa shape index (κ3) is 4.35. The SMILES string of the molecule is C=CCOCc1ccc(C2CCC(/C=C\C)CC2)cc1. The van der Waals surface area contributed by atoms with Crippen molar-refractivity contribution in [2.24, 2.45) is 5.92 Å². The van der Waals surface area contributed by atoms with Crippen LogP contribution in [-0.4, -0.2) is 6.61 Å². The molecule has 1 nitrogen and oxygen atoms in total. The second-order valence-corrected chi connectivity index (χ2v) is 5.68. The molecule has 1 aliphatic rings. The van der Waals surface area contributed by atoms with Crippen molar-refractivity contribution in [3.05, 3.63) is 60.2 Å². The summed E-state index contributed by atoms with van der Waals surface area (Å²) in [5.74, 6) is 1.56. The van der Waals surface area contributed by atoms with Gasteiger partial charge in [-0.05, 0) is 55.6 Å². The number of hydrogen-bond donors (Lipinski definition) is 0. The molecule has 0 radical (unpaired) electrons. The Kier molecular flexibility index (Phi) is 6.07. The van der Waals surface area contributed by atoms with Crippen molar-refractivity contribution in [1.82, 2.24) is 0 Å². The summed E-state index contributed by atoms with van der Waals surface area (Å²) in [4.78, 5) is 0. The fourth-order valence-corrected chi connectivity index (χ4v) is 3.06. The maximum atomic E-state index is 5.47. The predicted octanol–water partition coefficient (Wildman–Crippen LogP) is 5.24. The summed E-state index contributed by atoms with van der Waals surface area (Å²) in [5.41, 5.74) is 2.75. The Balaban J connectivity index is 1.86. The molecular weight excluding hydrogens is 244 g/mol. The molecule has 108 valence electrons. The van der Waals surface area contributed by atoms with Crippen LogP contribution in [0, 0.1) is 5.92 Å². The molecule has 1 heteroatoms. The number of rotatable bonds is 6. The van der Waals surface area contributed by atoms with Crippen LogP contribution < -0.4 is 0 Å². The summed E-state index contributed by atoms with van der Waals surface area (Å²) in [6, 6.07) is 8.98. The van der Waals surface area contributed by atoms with E-state index in [0.717, 1.165) is 11.8 Å². The van der Waals surface area contributed by atoms with Crippen LogP contribution in [0.4, 0.5) is 0 Å². The van der Waals surface area contributed by atoms with E-state index in [-0.39, 0.29) is 0 Å². The van der Waals surface area contributed by atoms with Crippen molar-refractivity contribution in [3.63, 3.8) is 0 Å². The molecule has 0 aliphatic heterocycles. The Hall–Kier alpha value is -1.34. The Morgan fingerprint density at radius 2 is 1.85 bits per heavy atom. The second kappa shape index (κ2) is 8.06. The lowest BCUT2D eigenvalue weighted by Gasteiger charge is -2.27. The molecule has 0 unspecified atom stereocenters. The van der Waals surface area contributed by atoms with E-state index in [0.29, 0.717) is 13.2 Å². The molecule has 1 aliphatic carbocycles. The van der Waals surface area contributed by atoms with Gasteiger partial charge in [0.2, 0.25) is 0 Å². The normalized spacial score (nSPS) is 23.1. The zero-order valence-corrected chi connectivity index (χ0v) is 12.6. The van der Waals surface area contributed by atoms with Gasteiger partial charge < -0.3 is 4.74 Å². The number of benzene rings is 1. The van der Waals surface area contributed by atoms with Crippen LogP contribution in [0.2, 0.25) is 0 Å². The molecule has 0 heterocycles. The fraction of sp³-hybridized carbons (Fsp3) is 0.474. The molecule has 0 spiro atoms. The highest BCUT2D eigenvalue weighted by Gasteiger charge is 2.20. The van der Waals surface area contributed by atoms with Crippen molar-refractivity contribution in [2.75, 3.05) is 6.61 Å². The van der Waals surface area contributed by atoms with Crippen LogP contribution in [-0.2, 0) is 11.3 Å². The topological polar surface area (TPSA) is 9.23 Å². The number of ether oxygens (including phenoxy) is 1. The van der Waals surface area contributed by atoms with Crippen LogP contribution in [0.1, 0.15) is 49.7 Å². The molecule has 1 aromatic rings. The minimum atomic E-state index is 0.622. The molecular formula is C19H26O. The predicted molar refractivity (Wildman–Crippen MR) is 85.8 cm³/mol. The van der Waals surface area contributed by atoms with Gasteiger partial charge in [-0.25, -0.2) is 0 Å². The monoisotopic (exact) mass is 270 g/mol. The Morgan fingerprint density at radius 3 is 2.45 bits per heavy atom. The Bertz CT molecular complexity index is 422. The summed E-state index contributed by atoms with van der Waals surface area (Å²) in [5, 5.41) is 0. The zero-order valence-electron chi connectivity index (χ0n) is 12.6. The van der Waals surface area contributed by atoms with Gasteiger partial charge in [-0.15, -0.1) is 6.58 Å². The van der Waals surface area contributed by atoms with Crippen LogP contribution in [0.25, 0.3) is 0 Å². The highest BCUT2D eigenvalue weighted by molar-refractivity contribution is 5.25. The van der Waals surface area contributed by atoms with Crippen LogP contribution in [0.3, 0.4) is 0 Å². The lowest BCUT2D eigenvalue weighted by molar-refractivity contribution is 0.149. The molecule has 0 amide bonds. The summed E-state index contributed by atoms with van der Waals surface area (Å²) in [6.45, 7) is 7.08. The van der Waals surface area contributed by atoms with Crippen molar-refractivity contribution < 1.29 is 4.74 Å². The van der Waals surface area contributed by atoms with Gasteiger partial charge >= 0.3 is 0 Å². The standard InChI is InChI=1S/C19H26O/c1-3-5-16-6-10-18(11-7-16)19-12-8-17(9-13-19)15-20-14-4-2/h3-5,8-9,12-13,16,18H,2,6-7,10-11,14-15H2,1H3/b5-3-. The van der Waals surface area contributed by atoms with Crippen LogP contribution >= 0.6 is 0 Å². The molecule has 1 saturated carbocycles. The summed E-state index contributed by atoms with van der Waals surface area (Å²) in [6.07, 6.45) is 11.7. The molecule has 0 atom stereocenters. The molecule has 1 aromatic carbocycles. The van der Waals surface area contributed by atoms with Gasteiger partial charge in [0.15, 0.2) is 0 Å². The summed E-state index contributed by atoms with van der Waals surface area (Å²) in [7, 11) is 0. The quantitative estimate of drug-likeness (QED) is 0.507. The van der Waals surface area contributed by atoms with E-state index >= 15 is 0 Å². The van der Waals surface area contributed by atoms with E-state index < -0.39 is 0 Å². The first kappa shape index (κ1) is 15.1. The first-order chi connectivity index (χ1) is 9.83. The number of allylic oxidation sites excluding steroid dienone is 2. The molecule has 0 aromatic heterocycles. The van der Waals surface area contributed by atoms with Gasteiger partial charge in [0, 0.05) is 0 Å². The van der Waals surface area contributed by atoms with Gasteiger partial charge in [0.25, 0.3) is 0 Å². The first-order valence-corrected chi connectivity index (χ1v) is 7.73. The summed E-state index contributed by atoms with van der Waals surface area (Å²) < 4.78 is 5.47. The number of hydrogen-bond acceptors (Lipinski definition) is 1. The average Bonchev–Trinajstić information content (AvgIpc) is 2.49. The second-order valence-electron chi connectivity index (χ2n) is 5.68. The molecule has 20 heavy (non-hydrogen) atoms. The third-order valence-electron chi connectivity index (χ3n) is 4.19. The van der Waals surface area contributed by atoms with E-state index in [2.05, 4.69) is 49.9 Å². The van der Waals surface area contributed by atoms with E-state index in [1.54, 1.807) is 6.08 Å². The zero-order chi connectivity index (χ0) is 14.2. The van der Waals surface area contributed by atoms with Crippen molar-refractivity contribution in [2.45, 2.75) is 45.1 Å². The van der Waals surface area contributed by atoms with Crippen LogP contribution in [0.15, 0.2) is 49.1 Å². The maximum Gasteiger partial charge on any atom is 0.0721 e.